The maximum absolute atomic E-state index is 8.37. The van der Waals surface area contributed by atoms with Crippen LogP contribution < -0.4 is 5.73 Å². The molecule has 0 saturated heterocycles. The highest BCUT2D eigenvalue weighted by Gasteiger charge is 1.94. The fourth-order valence-electron chi connectivity index (χ4n) is 1.22. The zero-order valence-corrected chi connectivity index (χ0v) is 9.59. The van der Waals surface area contributed by atoms with Gasteiger partial charge in [-0.1, -0.05) is 12.1 Å². The van der Waals surface area contributed by atoms with Gasteiger partial charge in [0, 0.05) is 17.9 Å². The summed E-state index contributed by atoms with van der Waals surface area (Å²) in [7, 11) is 0. The molecule has 15 heavy (non-hydrogen) atoms. The smallest absolute Gasteiger partial charge is 0.0621 e. The Morgan fingerprint density at radius 1 is 1.20 bits per heavy atom. The number of nitriles is 1. The lowest BCUT2D eigenvalue weighted by atomic mass is 10.2. The fraction of sp³-hybridized carbons (Fsp3) is 0.417. The lowest BCUT2D eigenvalue weighted by molar-refractivity contribution is 0.830. The van der Waals surface area contributed by atoms with E-state index < -0.39 is 0 Å². The van der Waals surface area contributed by atoms with Crippen LogP contribution in [0.15, 0.2) is 29.2 Å². The lowest BCUT2D eigenvalue weighted by Crippen LogP contribution is -1.94. The number of unbranched alkanes of at least 4 members (excludes halogenated alkanes) is 2. The van der Waals surface area contributed by atoms with Crippen molar-refractivity contribution < 1.29 is 0 Å². The molecule has 0 aliphatic carbocycles. The van der Waals surface area contributed by atoms with Crippen molar-refractivity contribution in [2.45, 2.75) is 30.7 Å². The van der Waals surface area contributed by atoms with Gasteiger partial charge in [-0.3, -0.25) is 0 Å². The SMILES string of the molecule is N#CCCCCSc1ccc(CN)cc1. The van der Waals surface area contributed by atoms with E-state index >= 15 is 0 Å². The van der Waals surface area contributed by atoms with Crippen LogP contribution in [0.25, 0.3) is 0 Å². The topological polar surface area (TPSA) is 49.8 Å². The van der Waals surface area contributed by atoms with E-state index in [1.54, 1.807) is 0 Å². The summed E-state index contributed by atoms with van der Waals surface area (Å²) in [5.74, 6) is 1.09. The molecule has 0 amide bonds. The van der Waals surface area contributed by atoms with Crippen LogP contribution in [0.2, 0.25) is 0 Å². The van der Waals surface area contributed by atoms with Gasteiger partial charge in [0.15, 0.2) is 0 Å². The predicted octanol–water partition coefficient (Wildman–Crippen LogP) is 2.93. The highest BCUT2D eigenvalue weighted by Crippen LogP contribution is 2.19. The number of hydrogen-bond donors (Lipinski definition) is 1. The Morgan fingerprint density at radius 2 is 1.93 bits per heavy atom. The molecule has 1 aromatic rings. The average molecular weight is 220 g/mol. The normalized spacial score (nSPS) is 9.87. The van der Waals surface area contributed by atoms with Gasteiger partial charge in [-0.2, -0.15) is 5.26 Å². The molecule has 80 valence electrons. The molecule has 0 fully saturated rings. The minimum Gasteiger partial charge on any atom is -0.326 e. The maximum Gasteiger partial charge on any atom is 0.0621 e. The van der Waals surface area contributed by atoms with Gasteiger partial charge in [0.25, 0.3) is 0 Å². The van der Waals surface area contributed by atoms with Crippen molar-refractivity contribution in [1.82, 2.24) is 0 Å². The van der Waals surface area contributed by atoms with Gasteiger partial charge in [-0.25, -0.2) is 0 Å². The first-order valence-corrected chi connectivity index (χ1v) is 6.14. The van der Waals surface area contributed by atoms with Gasteiger partial charge in [-0.05, 0) is 36.3 Å². The summed E-state index contributed by atoms with van der Waals surface area (Å²) >= 11 is 1.84. The zero-order valence-electron chi connectivity index (χ0n) is 8.78. The third-order valence-corrected chi connectivity index (χ3v) is 3.21. The van der Waals surface area contributed by atoms with Crippen LogP contribution in [0.1, 0.15) is 24.8 Å². The summed E-state index contributed by atoms with van der Waals surface area (Å²) in [5.41, 5.74) is 6.69. The van der Waals surface area contributed by atoms with Crippen molar-refractivity contribution in [2.75, 3.05) is 5.75 Å². The molecule has 0 aliphatic heterocycles. The first-order valence-electron chi connectivity index (χ1n) is 5.15. The molecule has 2 nitrogen and oxygen atoms in total. The van der Waals surface area contributed by atoms with Crippen LogP contribution in [0.3, 0.4) is 0 Å². The minimum atomic E-state index is 0.604. The fourth-order valence-corrected chi connectivity index (χ4v) is 2.13. The second kappa shape index (κ2) is 7.33. The van der Waals surface area contributed by atoms with Crippen molar-refractivity contribution >= 4 is 11.8 Å². The summed E-state index contributed by atoms with van der Waals surface area (Å²) in [6, 6.07) is 10.5. The lowest BCUT2D eigenvalue weighted by Gasteiger charge is -2.01. The molecule has 0 aromatic heterocycles. The highest BCUT2D eigenvalue weighted by atomic mass is 32.2. The molecule has 0 atom stereocenters. The van der Waals surface area contributed by atoms with Crippen molar-refractivity contribution in [1.29, 1.82) is 5.26 Å². The van der Waals surface area contributed by atoms with E-state index in [9.17, 15) is 0 Å². The van der Waals surface area contributed by atoms with Crippen LogP contribution in [-0.2, 0) is 6.54 Å². The Kier molecular flexibility index (Phi) is 5.91. The van der Waals surface area contributed by atoms with Gasteiger partial charge in [-0.15, -0.1) is 11.8 Å². The summed E-state index contributed by atoms with van der Waals surface area (Å²) in [4.78, 5) is 1.28. The average Bonchev–Trinajstić information content (AvgIpc) is 2.30. The molecule has 0 spiro atoms. The third kappa shape index (κ3) is 4.87. The number of thioether (sulfide) groups is 1. The molecule has 1 aromatic carbocycles. The standard InChI is InChI=1S/C12H16N2S/c13-8-2-1-3-9-15-12-6-4-11(10-14)5-7-12/h4-7H,1-3,9-10,14H2. The zero-order chi connectivity index (χ0) is 10.9. The van der Waals surface area contributed by atoms with Gasteiger partial charge in [0.1, 0.15) is 0 Å². The van der Waals surface area contributed by atoms with E-state index in [1.165, 1.54) is 10.5 Å². The Balaban J connectivity index is 2.23. The molecule has 0 aliphatic rings. The van der Waals surface area contributed by atoms with Crippen LogP contribution in [-0.4, -0.2) is 5.75 Å². The monoisotopic (exact) mass is 220 g/mol. The first kappa shape index (κ1) is 12.1. The summed E-state index contributed by atoms with van der Waals surface area (Å²) in [6.07, 6.45) is 2.79. The maximum atomic E-state index is 8.37. The number of benzene rings is 1. The molecule has 0 heterocycles. The number of hydrogen-bond acceptors (Lipinski definition) is 3. The highest BCUT2D eigenvalue weighted by molar-refractivity contribution is 7.99. The van der Waals surface area contributed by atoms with Crippen molar-refractivity contribution in [3.63, 3.8) is 0 Å². The largest absolute Gasteiger partial charge is 0.326 e. The van der Waals surface area contributed by atoms with E-state index in [1.807, 2.05) is 11.8 Å². The summed E-state index contributed by atoms with van der Waals surface area (Å²) in [6.45, 7) is 0.604. The molecule has 1 rings (SSSR count). The Hall–Kier alpha value is -0.980. The molecular weight excluding hydrogens is 204 g/mol. The quantitative estimate of drug-likeness (QED) is 0.592. The van der Waals surface area contributed by atoms with Gasteiger partial charge < -0.3 is 5.73 Å². The Bertz CT molecular complexity index is 313. The van der Waals surface area contributed by atoms with Gasteiger partial charge in [0.05, 0.1) is 6.07 Å². The molecule has 2 N–H and O–H groups in total. The molecular formula is C12H16N2S. The number of nitrogens with two attached hydrogens (primary N) is 1. The van der Waals surface area contributed by atoms with Gasteiger partial charge in [0.2, 0.25) is 0 Å². The summed E-state index contributed by atoms with van der Waals surface area (Å²) in [5, 5.41) is 8.37. The molecule has 0 radical (unpaired) electrons. The first-order chi connectivity index (χ1) is 7.36. The van der Waals surface area contributed by atoms with Crippen molar-refractivity contribution in [3.8, 4) is 6.07 Å². The Morgan fingerprint density at radius 3 is 2.53 bits per heavy atom. The molecule has 0 unspecified atom stereocenters. The minimum absolute atomic E-state index is 0.604. The van der Waals surface area contributed by atoms with Gasteiger partial charge >= 0.3 is 0 Å². The van der Waals surface area contributed by atoms with Crippen LogP contribution >= 0.6 is 11.8 Å². The Labute approximate surface area is 95.5 Å². The molecule has 0 saturated carbocycles. The molecule has 3 heteroatoms. The second-order valence-electron chi connectivity index (χ2n) is 3.31. The van der Waals surface area contributed by atoms with E-state index in [0.717, 1.165) is 18.6 Å². The predicted molar refractivity (Wildman–Crippen MR) is 64.5 cm³/mol. The number of nitrogens with zero attached hydrogens (tertiary/aromatic N) is 1. The molecule has 0 bridgehead atoms. The van der Waals surface area contributed by atoms with Crippen LogP contribution in [0.5, 0.6) is 0 Å². The van der Waals surface area contributed by atoms with E-state index in [4.69, 9.17) is 11.0 Å². The van der Waals surface area contributed by atoms with Crippen molar-refractivity contribution in [3.05, 3.63) is 29.8 Å². The number of rotatable bonds is 6. The second-order valence-corrected chi connectivity index (χ2v) is 4.48. The van der Waals surface area contributed by atoms with E-state index in [-0.39, 0.29) is 0 Å². The summed E-state index contributed by atoms with van der Waals surface area (Å²) < 4.78 is 0. The third-order valence-electron chi connectivity index (χ3n) is 2.11. The van der Waals surface area contributed by atoms with Crippen LogP contribution in [0.4, 0.5) is 0 Å². The van der Waals surface area contributed by atoms with E-state index in [0.29, 0.717) is 13.0 Å². The van der Waals surface area contributed by atoms with Crippen LogP contribution in [0, 0.1) is 11.3 Å². The van der Waals surface area contributed by atoms with Crippen molar-refractivity contribution in [2.24, 2.45) is 5.73 Å². The van der Waals surface area contributed by atoms with E-state index in [2.05, 4.69) is 30.3 Å².